The summed E-state index contributed by atoms with van der Waals surface area (Å²) in [6.07, 6.45) is 4.33. The molecule has 0 saturated carbocycles. The van der Waals surface area contributed by atoms with Crippen molar-refractivity contribution in [1.82, 2.24) is 20.1 Å². The number of nitrogens with zero attached hydrogens (tertiary/aromatic N) is 3. The maximum absolute atomic E-state index is 12.7. The van der Waals surface area contributed by atoms with Gasteiger partial charge in [-0.25, -0.2) is 9.78 Å². The summed E-state index contributed by atoms with van der Waals surface area (Å²) in [6.45, 7) is 0.667. The van der Waals surface area contributed by atoms with Crippen molar-refractivity contribution in [3.05, 3.63) is 35.4 Å². The number of rotatable bonds is 3. The fourth-order valence-electron chi connectivity index (χ4n) is 2.84. The van der Waals surface area contributed by atoms with Crippen molar-refractivity contribution in [1.29, 1.82) is 0 Å². The zero-order valence-corrected chi connectivity index (χ0v) is 13.5. The number of para-hydroxylation sites is 1. The van der Waals surface area contributed by atoms with Crippen LogP contribution in [0.25, 0.3) is 0 Å². The van der Waals surface area contributed by atoms with Crippen molar-refractivity contribution in [2.45, 2.75) is 25.3 Å². The molecule has 0 aliphatic carbocycles. The van der Waals surface area contributed by atoms with Gasteiger partial charge in [-0.2, -0.15) is 5.10 Å². The molecule has 2 amide bonds. The lowest BCUT2D eigenvalue weighted by Gasteiger charge is -2.34. The number of ether oxygens (including phenoxy) is 1. The summed E-state index contributed by atoms with van der Waals surface area (Å²) in [4.78, 5) is 18.7. The molecule has 1 saturated heterocycles. The summed E-state index contributed by atoms with van der Waals surface area (Å²) in [5.41, 5.74) is 0.548. The molecule has 1 fully saturated rings. The fraction of sp³-hybridized carbons (Fsp3) is 0.400. The first-order valence-corrected chi connectivity index (χ1v) is 7.84. The first-order chi connectivity index (χ1) is 11.2. The number of carbonyl (C=O) groups excluding carboxylic acids is 1. The Morgan fingerprint density at radius 3 is 3.09 bits per heavy atom. The molecular formula is C15H18ClN5O2. The van der Waals surface area contributed by atoms with Gasteiger partial charge < -0.3 is 15.0 Å². The quantitative estimate of drug-likeness (QED) is 0.902. The number of benzene rings is 1. The van der Waals surface area contributed by atoms with E-state index >= 15 is 0 Å². The van der Waals surface area contributed by atoms with Gasteiger partial charge in [-0.1, -0.05) is 17.7 Å². The lowest BCUT2D eigenvalue weighted by molar-refractivity contribution is 0.159. The van der Waals surface area contributed by atoms with E-state index in [2.05, 4.69) is 20.5 Å². The lowest BCUT2D eigenvalue weighted by atomic mass is 10.0. The molecule has 7 nitrogen and oxygen atoms in total. The summed E-state index contributed by atoms with van der Waals surface area (Å²) in [5.74, 6) is 1.16. The molecule has 0 radical (unpaired) electrons. The van der Waals surface area contributed by atoms with Crippen LogP contribution in [0.5, 0.6) is 5.75 Å². The number of aromatic amines is 1. The number of carbonyl (C=O) groups is 1. The average molecular weight is 336 g/mol. The summed E-state index contributed by atoms with van der Waals surface area (Å²) >= 11 is 6.10. The topological polar surface area (TPSA) is 83.1 Å². The Balaban J connectivity index is 1.80. The van der Waals surface area contributed by atoms with Gasteiger partial charge in [-0.3, -0.25) is 5.10 Å². The smallest absolute Gasteiger partial charge is 0.322 e. The Labute approximate surface area is 139 Å². The van der Waals surface area contributed by atoms with Crippen LogP contribution in [0.2, 0.25) is 5.02 Å². The molecule has 1 unspecified atom stereocenters. The minimum Gasteiger partial charge on any atom is -0.493 e. The van der Waals surface area contributed by atoms with Gasteiger partial charge in [-0.05, 0) is 31.4 Å². The summed E-state index contributed by atoms with van der Waals surface area (Å²) in [7, 11) is 1.52. The number of methoxy groups -OCH3 is 1. The summed E-state index contributed by atoms with van der Waals surface area (Å²) in [5, 5.41) is 10.1. The van der Waals surface area contributed by atoms with E-state index in [0.717, 1.165) is 19.3 Å². The predicted molar refractivity (Wildman–Crippen MR) is 86.7 cm³/mol. The van der Waals surface area contributed by atoms with Gasteiger partial charge in [0.05, 0.1) is 23.9 Å². The molecule has 23 heavy (non-hydrogen) atoms. The Kier molecular flexibility index (Phi) is 4.66. The van der Waals surface area contributed by atoms with E-state index in [0.29, 0.717) is 28.8 Å². The predicted octanol–water partition coefficient (Wildman–Crippen LogP) is 3.23. The minimum absolute atomic E-state index is 0.101. The molecule has 2 heterocycles. The molecule has 2 N–H and O–H groups in total. The number of hydrogen-bond acceptors (Lipinski definition) is 4. The highest BCUT2D eigenvalue weighted by atomic mass is 35.5. The second-order valence-electron chi connectivity index (χ2n) is 5.33. The van der Waals surface area contributed by atoms with Gasteiger partial charge in [0.1, 0.15) is 12.2 Å². The number of piperidine rings is 1. The van der Waals surface area contributed by atoms with E-state index in [9.17, 15) is 4.79 Å². The van der Waals surface area contributed by atoms with Crippen molar-refractivity contribution in [2.75, 3.05) is 19.0 Å². The van der Waals surface area contributed by atoms with Crippen molar-refractivity contribution < 1.29 is 9.53 Å². The number of amides is 2. The van der Waals surface area contributed by atoms with Gasteiger partial charge in [-0.15, -0.1) is 0 Å². The molecule has 1 aromatic carbocycles. The number of likely N-dealkylation sites (tertiary alicyclic amines) is 1. The van der Waals surface area contributed by atoms with E-state index in [1.165, 1.54) is 13.4 Å². The van der Waals surface area contributed by atoms with E-state index in [1.807, 2.05) is 0 Å². The van der Waals surface area contributed by atoms with Crippen molar-refractivity contribution >= 4 is 23.3 Å². The second-order valence-corrected chi connectivity index (χ2v) is 5.73. The van der Waals surface area contributed by atoms with Gasteiger partial charge in [0.25, 0.3) is 0 Å². The van der Waals surface area contributed by atoms with Crippen LogP contribution in [-0.4, -0.2) is 39.8 Å². The molecule has 2 aromatic rings. The molecule has 1 aliphatic heterocycles. The summed E-state index contributed by atoms with van der Waals surface area (Å²) in [6, 6.07) is 4.94. The normalized spacial score (nSPS) is 17.8. The molecule has 0 spiro atoms. The highest BCUT2D eigenvalue weighted by Gasteiger charge is 2.30. The molecule has 0 bridgehead atoms. The molecular weight excluding hydrogens is 318 g/mol. The third-order valence-electron chi connectivity index (χ3n) is 3.93. The second kappa shape index (κ2) is 6.87. The van der Waals surface area contributed by atoms with Crippen molar-refractivity contribution in [3.8, 4) is 5.75 Å². The molecule has 1 atom stereocenters. The lowest BCUT2D eigenvalue weighted by Crippen LogP contribution is -2.41. The monoisotopic (exact) mass is 335 g/mol. The molecule has 3 rings (SSSR count). The first kappa shape index (κ1) is 15.6. The summed E-state index contributed by atoms with van der Waals surface area (Å²) < 4.78 is 5.27. The van der Waals surface area contributed by atoms with E-state index < -0.39 is 0 Å². The maximum atomic E-state index is 12.7. The highest BCUT2D eigenvalue weighted by molar-refractivity contribution is 6.32. The molecule has 122 valence electrons. The number of halogens is 1. The van der Waals surface area contributed by atoms with Crippen LogP contribution < -0.4 is 10.1 Å². The Morgan fingerprint density at radius 2 is 2.35 bits per heavy atom. The highest BCUT2D eigenvalue weighted by Crippen LogP contribution is 2.34. The maximum Gasteiger partial charge on any atom is 0.322 e. The van der Waals surface area contributed by atoms with Crippen molar-refractivity contribution in [3.63, 3.8) is 0 Å². The minimum atomic E-state index is -0.202. The van der Waals surface area contributed by atoms with Gasteiger partial charge in [0, 0.05) is 6.54 Å². The van der Waals surface area contributed by atoms with E-state index in [4.69, 9.17) is 16.3 Å². The zero-order chi connectivity index (χ0) is 16.2. The average Bonchev–Trinajstić information content (AvgIpc) is 3.09. The largest absolute Gasteiger partial charge is 0.493 e. The fourth-order valence-corrected chi connectivity index (χ4v) is 3.09. The molecule has 1 aromatic heterocycles. The number of H-pyrrole nitrogens is 1. The Bertz CT molecular complexity index is 677. The third-order valence-corrected chi connectivity index (χ3v) is 4.22. The van der Waals surface area contributed by atoms with Crippen LogP contribution in [0.1, 0.15) is 31.1 Å². The van der Waals surface area contributed by atoms with Crippen LogP contribution in [-0.2, 0) is 0 Å². The SMILES string of the molecule is COc1c(Cl)cccc1NC(=O)N1CCCCC1c1ncn[nH]1. The van der Waals surface area contributed by atoms with Gasteiger partial charge in [0.2, 0.25) is 0 Å². The number of anilines is 1. The Hall–Kier alpha value is -2.28. The first-order valence-electron chi connectivity index (χ1n) is 7.46. The molecule has 1 aliphatic rings. The number of hydrogen-bond donors (Lipinski definition) is 2. The van der Waals surface area contributed by atoms with Crippen molar-refractivity contribution in [2.24, 2.45) is 0 Å². The van der Waals surface area contributed by atoms with E-state index in [1.54, 1.807) is 23.1 Å². The van der Waals surface area contributed by atoms with Crippen LogP contribution in [0.3, 0.4) is 0 Å². The van der Waals surface area contributed by atoms with Gasteiger partial charge >= 0.3 is 6.03 Å². The van der Waals surface area contributed by atoms with Crippen LogP contribution in [0.15, 0.2) is 24.5 Å². The third kappa shape index (κ3) is 3.24. The Morgan fingerprint density at radius 1 is 1.48 bits per heavy atom. The number of aromatic nitrogens is 3. The van der Waals surface area contributed by atoms with Crippen LogP contribution in [0, 0.1) is 0 Å². The number of urea groups is 1. The zero-order valence-electron chi connectivity index (χ0n) is 12.8. The standard InChI is InChI=1S/C15H18ClN5O2/c1-23-13-10(16)5-4-6-11(13)19-15(22)21-8-3-2-7-12(21)14-17-9-18-20-14/h4-6,9,12H,2-3,7-8H2,1H3,(H,19,22)(H,17,18,20). The van der Waals surface area contributed by atoms with Gasteiger partial charge in [0.15, 0.2) is 5.75 Å². The van der Waals surface area contributed by atoms with E-state index in [-0.39, 0.29) is 12.1 Å². The van der Waals surface area contributed by atoms with Crippen LogP contribution >= 0.6 is 11.6 Å². The molecule has 8 heteroatoms. The number of nitrogens with one attached hydrogen (secondary N) is 2. The van der Waals surface area contributed by atoms with Crippen LogP contribution in [0.4, 0.5) is 10.5 Å².